The molecule has 0 spiro atoms. The molecule has 3 saturated carbocycles. The average Bonchev–Trinajstić information content (AvgIpc) is 3.16. The number of fused-ring (bicyclic) bond motifs is 2. The number of rotatable bonds is 6. The molecule has 7 nitrogen and oxygen atoms in total. The van der Waals surface area contributed by atoms with Crippen LogP contribution < -0.4 is 21.6 Å². The van der Waals surface area contributed by atoms with Crippen molar-refractivity contribution in [1.82, 2.24) is 0 Å². The van der Waals surface area contributed by atoms with Crippen molar-refractivity contribution in [3.63, 3.8) is 0 Å². The molecule has 1 heterocycles. The standard InChI is InChI=1S/C27H45IO7/c1-18-10-15-24-25(35-28(30,31,32,33)34-24)21(18)12-11-20-9-7-17-27(5)22(13-14-23(20)27)19(2)8-6-16-26(3,4)29/h11-12,19,22-25,29-32H,1,6-10,13-17H2,2-5H3/b20-11+,21-12+/t19-,22-,23+,24+,25-,27-/m1/s1. The molecule has 202 valence electrons. The van der Waals surface area contributed by atoms with Crippen molar-refractivity contribution in [2.24, 2.45) is 23.2 Å². The van der Waals surface area contributed by atoms with Gasteiger partial charge >= 0.3 is 180 Å². The number of allylic oxidation sites excluding steroid dienone is 3. The zero-order valence-corrected chi connectivity index (χ0v) is 23.9. The second-order valence-corrected chi connectivity index (χ2v) is 19.4. The number of hydrogen-bond donors (Lipinski definition) is 4. The summed E-state index contributed by atoms with van der Waals surface area (Å²) in [6.45, 7) is 12.7. The maximum atomic E-state index is 12.3. The molecule has 4 fully saturated rings. The first kappa shape index (κ1) is 27.7. The Morgan fingerprint density at radius 3 is 2.57 bits per heavy atom. The van der Waals surface area contributed by atoms with Crippen molar-refractivity contribution in [3.05, 3.63) is 35.5 Å². The zero-order valence-electron chi connectivity index (χ0n) is 21.7. The van der Waals surface area contributed by atoms with Crippen LogP contribution in [-0.4, -0.2) is 33.2 Å². The molecule has 0 aromatic rings. The molecule has 0 radical (unpaired) electrons. The molecule has 4 rings (SSSR count). The van der Waals surface area contributed by atoms with E-state index in [1.165, 1.54) is 18.4 Å². The molecule has 35 heavy (non-hydrogen) atoms. The van der Waals surface area contributed by atoms with Crippen molar-refractivity contribution >= 4 is 0 Å². The number of halogens is 1. The summed E-state index contributed by atoms with van der Waals surface area (Å²) in [4.78, 5) is 0. The Balaban J connectivity index is 1.52. The Labute approximate surface area is 211 Å². The Morgan fingerprint density at radius 1 is 1.17 bits per heavy atom. The molecule has 4 N–H and O–H groups in total. The quantitative estimate of drug-likeness (QED) is 0.330. The average molecular weight is 609 g/mol. The first-order valence-corrected chi connectivity index (χ1v) is 18.7. The van der Waals surface area contributed by atoms with Crippen molar-refractivity contribution in [2.75, 3.05) is 0 Å². The second kappa shape index (κ2) is 8.59. The first-order chi connectivity index (χ1) is 15.9. The first-order valence-electron chi connectivity index (χ1n) is 13.1. The predicted octanol–water partition coefficient (Wildman–Crippen LogP) is 0.826. The number of aliphatic hydroxyl groups is 1. The van der Waals surface area contributed by atoms with Gasteiger partial charge in [0.2, 0.25) is 0 Å². The topological polar surface area (TPSA) is 122 Å². The third-order valence-electron chi connectivity index (χ3n) is 9.03. The third kappa shape index (κ3) is 6.06. The normalized spacial score (nSPS) is 43.1. The van der Waals surface area contributed by atoms with E-state index in [0.717, 1.165) is 44.1 Å². The van der Waals surface area contributed by atoms with Gasteiger partial charge in [-0.05, 0) is 20.3 Å². The van der Waals surface area contributed by atoms with E-state index >= 15 is 0 Å². The van der Waals surface area contributed by atoms with E-state index in [2.05, 4.69) is 26.5 Å². The Hall–Kier alpha value is -0.330. The minimum absolute atomic E-state index is 0.241. The van der Waals surface area contributed by atoms with Crippen LogP contribution in [-0.2, 0) is 6.13 Å². The van der Waals surface area contributed by atoms with Gasteiger partial charge in [-0.15, -0.1) is 0 Å². The van der Waals surface area contributed by atoms with Crippen LogP contribution in [0.15, 0.2) is 35.5 Å². The summed E-state index contributed by atoms with van der Waals surface area (Å²) in [5.41, 5.74) is 2.39. The van der Waals surface area contributed by atoms with Crippen LogP contribution in [0.1, 0.15) is 91.9 Å². The van der Waals surface area contributed by atoms with Gasteiger partial charge in [0.25, 0.3) is 0 Å². The third-order valence-corrected chi connectivity index (χ3v) is 12.4. The van der Waals surface area contributed by atoms with Crippen LogP contribution in [0.4, 0.5) is 0 Å². The van der Waals surface area contributed by atoms with Gasteiger partial charge in [0.1, 0.15) is 0 Å². The van der Waals surface area contributed by atoms with Crippen LogP contribution in [0.3, 0.4) is 0 Å². The van der Waals surface area contributed by atoms with E-state index in [9.17, 15) is 18.9 Å². The van der Waals surface area contributed by atoms with Gasteiger partial charge in [0.05, 0.1) is 5.60 Å². The summed E-state index contributed by atoms with van der Waals surface area (Å²) < 4.78 is 51.9. The summed E-state index contributed by atoms with van der Waals surface area (Å²) in [6.07, 6.45) is 11.7. The van der Waals surface area contributed by atoms with Crippen LogP contribution in [0.5, 0.6) is 0 Å². The molecule has 0 aromatic heterocycles. The molecule has 0 aromatic carbocycles. The Morgan fingerprint density at radius 2 is 1.89 bits per heavy atom. The summed E-state index contributed by atoms with van der Waals surface area (Å²) in [6, 6.07) is 0. The Bertz CT molecular complexity index is 924. The summed E-state index contributed by atoms with van der Waals surface area (Å²) in [5, 5.41) is 10.1. The van der Waals surface area contributed by atoms with Crippen molar-refractivity contribution < 1.29 is 43.1 Å². The fourth-order valence-corrected chi connectivity index (χ4v) is 11.2. The molecule has 0 bridgehead atoms. The van der Waals surface area contributed by atoms with E-state index in [1.807, 2.05) is 19.9 Å². The van der Waals surface area contributed by atoms with Crippen LogP contribution >= 0.6 is 0 Å². The molecular weight excluding hydrogens is 563 g/mol. The summed E-state index contributed by atoms with van der Waals surface area (Å²) in [7, 11) is 0. The van der Waals surface area contributed by atoms with Gasteiger partial charge in [0, 0.05) is 0 Å². The van der Waals surface area contributed by atoms with E-state index in [4.69, 9.17) is 6.13 Å². The second-order valence-electron chi connectivity index (χ2n) is 12.5. The predicted molar refractivity (Wildman–Crippen MR) is 128 cm³/mol. The van der Waals surface area contributed by atoms with E-state index in [1.54, 1.807) is 0 Å². The molecule has 1 saturated heterocycles. The maximum absolute atomic E-state index is 12.3. The van der Waals surface area contributed by atoms with Crippen molar-refractivity contribution in [2.45, 2.75) is 110 Å². The molecule has 0 unspecified atom stereocenters. The summed E-state index contributed by atoms with van der Waals surface area (Å²) in [5.74, 6) is 1.75. The van der Waals surface area contributed by atoms with Gasteiger partial charge in [0.15, 0.2) is 0 Å². The molecule has 8 heteroatoms. The molecular formula is C27H45IO7. The zero-order chi connectivity index (χ0) is 25.9. The Kier molecular flexibility index (Phi) is 6.80. The summed E-state index contributed by atoms with van der Waals surface area (Å²) >= 11 is -8.00. The van der Waals surface area contributed by atoms with Gasteiger partial charge < -0.3 is 5.11 Å². The van der Waals surface area contributed by atoms with Gasteiger partial charge in [-0.1, -0.05) is 0 Å². The number of hydrogen-bond acceptors (Lipinski definition) is 7. The fourth-order valence-electron chi connectivity index (χ4n) is 7.37. The van der Waals surface area contributed by atoms with E-state index in [0.29, 0.717) is 36.2 Å². The van der Waals surface area contributed by atoms with Gasteiger partial charge in [-0.25, -0.2) is 0 Å². The monoisotopic (exact) mass is 608 g/mol. The molecule has 0 amide bonds. The minimum atomic E-state index is -8.00. The molecule has 3 aliphatic carbocycles. The SMILES string of the molecule is C=C1CC[C@@H]2O[I+]([O-])(O)(O)(O)O[C@@H]2/C1=C/C=C1\CCC[C@]2(C)[C@@H]([C@H](C)CCCC(C)(C)O)CC[C@@H]12. The molecule has 4 aliphatic rings. The molecule has 6 atom stereocenters. The van der Waals surface area contributed by atoms with Crippen LogP contribution in [0.2, 0.25) is 0 Å². The van der Waals surface area contributed by atoms with Crippen molar-refractivity contribution in [1.29, 1.82) is 0 Å². The van der Waals surface area contributed by atoms with Gasteiger partial charge in [-0.2, -0.15) is 0 Å². The van der Waals surface area contributed by atoms with E-state index in [-0.39, 0.29) is 5.41 Å². The molecule has 1 aliphatic heterocycles. The van der Waals surface area contributed by atoms with Crippen LogP contribution in [0, 0.1) is 23.2 Å². The van der Waals surface area contributed by atoms with Gasteiger partial charge in [-0.3, -0.25) is 0 Å². The van der Waals surface area contributed by atoms with E-state index < -0.39 is 36.0 Å². The van der Waals surface area contributed by atoms with Crippen LogP contribution in [0.25, 0.3) is 0 Å². The fraction of sp³-hybridized carbons (Fsp3) is 0.778. The van der Waals surface area contributed by atoms with Crippen molar-refractivity contribution in [3.8, 4) is 0 Å².